The topological polar surface area (TPSA) is 73.2 Å². The number of carbonyl (C=O) groups excluding carboxylic acids is 2. The van der Waals surface area contributed by atoms with Crippen molar-refractivity contribution in [1.29, 1.82) is 0 Å². The van der Waals surface area contributed by atoms with E-state index >= 15 is 0 Å². The summed E-state index contributed by atoms with van der Waals surface area (Å²) in [7, 11) is 0. The molecule has 3 aromatic rings. The number of nitrogens with zero attached hydrogens (tertiary/aromatic N) is 2. The number of rotatable bonds is 6. The van der Waals surface area contributed by atoms with Crippen LogP contribution in [0.4, 0.5) is 0 Å². The molecule has 4 rings (SSSR count). The Balaban J connectivity index is 1.53. The summed E-state index contributed by atoms with van der Waals surface area (Å²) in [6.07, 6.45) is 1.97. The van der Waals surface area contributed by atoms with Crippen molar-refractivity contribution in [3.63, 3.8) is 0 Å². The molecule has 0 aliphatic heterocycles. The van der Waals surface area contributed by atoms with Gasteiger partial charge in [-0.3, -0.25) is 4.79 Å². The Morgan fingerprint density at radius 1 is 1.32 bits per heavy atom. The first-order valence-electron chi connectivity index (χ1n) is 8.78. The lowest BCUT2D eigenvalue weighted by molar-refractivity contribution is -0.124. The Hall–Kier alpha value is -2.09. The summed E-state index contributed by atoms with van der Waals surface area (Å²) in [6, 6.07) is 7.33. The number of aryl methyl sites for hydroxylation is 1. The third-order valence-corrected chi connectivity index (χ3v) is 6.29. The molecule has 1 aliphatic rings. The number of carbonyl (C=O) groups is 2. The highest BCUT2D eigenvalue weighted by Crippen LogP contribution is 2.31. The van der Waals surface area contributed by atoms with Crippen LogP contribution in [0.15, 0.2) is 24.3 Å². The minimum absolute atomic E-state index is 0.237. The predicted octanol–water partition coefficient (Wildman–Crippen LogP) is 4.20. The lowest BCUT2D eigenvalue weighted by atomic mass is 10.2. The summed E-state index contributed by atoms with van der Waals surface area (Å²) in [5.74, 6) is -0.790. The summed E-state index contributed by atoms with van der Waals surface area (Å²) in [5, 5.41) is 9.31. The monoisotopic (exact) mass is 437 g/mol. The minimum Gasteiger partial charge on any atom is -0.451 e. The van der Waals surface area contributed by atoms with Gasteiger partial charge in [-0.2, -0.15) is 5.10 Å². The van der Waals surface area contributed by atoms with Crippen molar-refractivity contribution in [3.8, 4) is 0 Å². The van der Waals surface area contributed by atoms with E-state index in [1.54, 1.807) is 28.9 Å². The lowest BCUT2D eigenvalue weighted by Gasteiger charge is -2.07. The van der Waals surface area contributed by atoms with Crippen LogP contribution < -0.4 is 5.32 Å². The fourth-order valence-corrected chi connectivity index (χ4v) is 4.42. The van der Waals surface area contributed by atoms with Crippen LogP contribution in [-0.2, 0) is 16.1 Å². The number of hydrogen-bond donors (Lipinski definition) is 1. The van der Waals surface area contributed by atoms with Crippen LogP contribution >= 0.6 is 34.5 Å². The standard InChI is InChI=1S/C19H17Cl2N3O3S/c1-10-12-7-16(19(26)27-9-17(25)22-11-5-6-11)28-18(12)24(23-10)8-13-14(20)3-2-4-15(13)21/h2-4,7,11H,5-6,8-9H2,1H3,(H,22,25). The number of ether oxygens (including phenoxy) is 1. The van der Waals surface area contributed by atoms with Crippen LogP contribution in [0.1, 0.15) is 33.8 Å². The number of hydrogen-bond acceptors (Lipinski definition) is 5. The number of thiophene rings is 1. The smallest absolute Gasteiger partial charge is 0.348 e. The van der Waals surface area contributed by atoms with Crippen molar-refractivity contribution in [2.75, 3.05) is 6.61 Å². The van der Waals surface area contributed by atoms with Crippen LogP contribution in [0.3, 0.4) is 0 Å². The van der Waals surface area contributed by atoms with Gasteiger partial charge in [0.1, 0.15) is 9.71 Å². The number of amides is 1. The molecule has 1 N–H and O–H groups in total. The Bertz CT molecular complexity index is 1050. The third kappa shape index (κ3) is 4.01. The number of nitrogens with one attached hydrogen (secondary N) is 1. The van der Waals surface area contributed by atoms with E-state index in [-0.39, 0.29) is 18.6 Å². The largest absolute Gasteiger partial charge is 0.451 e. The van der Waals surface area contributed by atoms with E-state index < -0.39 is 5.97 Å². The van der Waals surface area contributed by atoms with E-state index in [9.17, 15) is 9.59 Å². The summed E-state index contributed by atoms with van der Waals surface area (Å²) >= 11 is 13.8. The van der Waals surface area contributed by atoms with Gasteiger partial charge in [-0.15, -0.1) is 11.3 Å². The van der Waals surface area contributed by atoms with Gasteiger partial charge in [0.05, 0.1) is 12.2 Å². The second-order valence-electron chi connectivity index (χ2n) is 6.69. The second-order valence-corrected chi connectivity index (χ2v) is 8.54. The Morgan fingerprint density at radius 3 is 2.71 bits per heavy atom. The van der Waals surface area contributed by atoms with Crippen molar-refractivity contribution >= 4 is 56.6 Å². The van der Waals surface area contributed by atoms with Gasteiger partial charge in [-0.25, -0.2) is 9.48 Å². The maximum absolute atomic E-state index is 12.3. The van der Waals surface area contributed by atoms with E-state index in [1.165, 1.54) is 11.3 Å². The van der Waals surface area contributed by atoms with Crippen molar-refractivity contribution in [3.05, 3.63) is 50.4 Å². The van der Waals surface area contributed by atoms with Gasteiger partial charge >= 0.3 is 5.97 Å². The number of halogens is 2. The molecule has 2 aromatic heterocycles. The van der Waals surface area contributed by atoms with Gasteiger partial charge in [0.2, 0.25) is 0 Å². The SMILES string of the molecule is Cc1nn(Cc2c(Cl)cccc2Cl)c2sc(C(=O)OCC(=O)NC3CC3)cc12. The molecule has 9 heteroatoms. The van der Waals surface area contributed by atoms with E-state index in [0.717, 1.165) is 34.3 Å². The molecule has 1 aromatic carbocycles. The highest BCUT2D eigenvalue weighted by atomic mass is 35.5. The molecule has 1 fully saturated rings. The number of aromatic nitrogens is 2. The zero-order chi connectivity index (χ0) is 19.8. The van der Waals surface area contributed by atoms with Crippen LogP contribution in [-0.4, -0.2) is 34.3 Å². The molecule has 0 atom stereocenters. The van der Waals surface area contributed by atoms with Crippen LogP contribution in [0.25, 0.3) is 10.2 Å². The maximum Gasteiger partial charge on any atom is 0.348 e. The van der Waals surface area contributed by atoms with Gasteiger partial charge in [-0.1, -0.05) is 29.3 Å². The lowest BCUT2D eigenvalue weighted by Crippen LogP contribution is -2.30. The van der Waals surface area contributed by atoms with Gasteiger partial charge in [0.15, 0.2) is 6.61 Å². The molecular weight excluding hydrogens is 421 g/mol. The minimum atomic E-state index is -0.520. The van der Waals surface area contributed by atoms with Gasteiger partial charge in [0.25, 0.3) is 5.91 Å². The van der Waals surface area contributed by atoms with Crippen LogP contribution in [0.2, 0.25) is 10.0 Å². The summed E-state index contributed by atoms with van der Waals surface area (Å²) in [4.78, 5) is 25.3. The molecule has 0 saturated heterocycles. The average molecular weight is 438 g/mol. The first-order chi connectivity index (χ1) is 13.4. The normalized spacial score (nSPS) is 13.7. The number of benzene rings is 1. The summed E-state index contributed by atoms with van der Waals surface area (Å²) < 4.78 is 6.92. The molecule has 0 bridgehead atoms. The average Bonchev–Trinajstić information content (AvgIpc) is 3.26. The molecule has 0 radical (unpaired) electrons. The zero-order valence-electron chi connectivity index (χ0n) is 15.0. The fraction of sp³-hybridized carbons (Fsp3) is 0.316. The first kappa shape index (κ1) is 19.2. The first-order valence-corrected chi connectivity index (χ1v) is 10.4. The van der Waals surface area contributed by atoms with E-state index in [2.05, 4.69) is 10.4 Å². The molecule has 1 aliphatic carbocycles. The maximum atomic E-state index is 12.3. The molecule has 6 nitrogen and oxygen atoms in total. The molecule has 0 unspecified atom stereocenters. The second kappa shape index (κ2) is 7.73. The molecule has 1 amide bonds. The summed E-state index contributed by atoms with van der Waals surface area (Å²) in [5.41, 5.74) is 1.56. The third-order valence-electron chi connectivity index (χ3n) is 4.45. The highest BCUT2D eigenvalue weighted by molar-refractivity contribution is 7.20. The van der Waals surface area contributed by atoms with E-state index in [0.29, 0.717) is 21.5 Å². The molecule has 2 heterocycles. The fourth-order valence-electron chi connectivity index (χ4n) is 2.85. The Morgan fingerprint density at radius 2 is 2.04 bits per heavy atom. The Kier molecular flexibility index (Phi) is 5.31. The molecule has 1 saturated carbocycles. The highest BCUT2D eigenvalue weighted by Gasteiger charge is 2.24. The van der Waals surface area contributed by atoms with Crippen molar-refractivity contribution in [1.82, 2.24) is 15.1 Å². The van der Waals surface area contributed by atoms with Crippen LogP contribution in [0, 0.1) is 6.92 Å². The quantitative estimate of drug-likeness (QED) is 0.586. The number of fused-ring (bicyclic) bond motifs is 1. The molecule has 28 heavy (non-hydrogen) atoms. The van der Waals surface area contributed by atoms with E-state index in [1.807, 2.05) is 6.92 Å². The van der Waals surface area contributed by atoms with Gasteiger partial charge < -0.3 is 10.1 Å². The van der Waals surface area contributed by atoms with Crippen molar-refractivity contribution < 1.29 is 14.3 Å². The molecular formula is C19H17Cl2N3O3S. The molecule has 0 spiro atoms. The van der Waals surface area contributed by atoms with Gasteiger partial charge in [0, 0.05) is 27.0 Å². The predicted molar refractivity (Wildman–Crippen MR) is 109 cm³/mol. The Labute approximate surface area is 175 Å². The van der Waals surface area contributed by atoms with Crippen molar-refractivity contribution in [2.24, 2.45) is 0 Å². The number of esters is 1. The molecule has 146 valence electrons. The summed E-state index contributed by atoms with van der Waals surface area (Å²) in [6.45, 7) is 1.99. The van der Waals surface area contributed by atoms with Crippen LogP contribution in [0.5, 0.6) is 0 Å². The van der Waals surface area contributed by atoms with E-state index in [4.69, 9.17) is 27.9 Å². The van der Waals surface area contributed by atoms with Crippen molar-refractivity contribution in [2.45, 2.75) is 32.4 Å². The van der Waals surface area contributed by atoms with Gasteiger partial charge in [-0.05, 0) is 38.0 Å². The zero-order valence-corrected chi connectivity index (χ0v) is 17.3.